The van der Waals surface area contributed by atoms with Gasteiger partial charge in [-0.1, -0.05) is 43.8 Å². The van der Waals surface area contributed by atoms with E-state index in [0.29, 0.717) is 29.6 Å². The van der Waals surface area contributed by atoms with Gasteiger partial charge in [-0.15, -0.1) is 10.2 Å². The summed E-state index contributed by atoms with van der Waals surface area (Å²) in [7, 11) is -3.56. The molecule has 2 aromatic heterocycles. The van der Waals surface area contributed by atoms with Gasteiger partial charge in [0.25, 0.3) is 5.22 Å². The Hall–Kier alpha value is -2.95. The summed E-state index contributed by atoms with van der Waals surface area (Å²) in [6.07, 6.45) is 3.64. The van der Waals surface area contributed by atoms with Crippen molar-refractivity contribution in [2.75, 3.05) is 13.1 Å². The van der Waals surface area contributed by atoms with Crippen molar-refractivity contribution in [3.8, 4) is 17.1 Å². The maximum Gasteiger partial charge on any atom is 0.277 e. The van der Waals surface area contributed by atoms with E-state index in [1.165, 1.54) is 16.1 Å². The van der Waals surface area contributed by atoms with Crippen LogP contribution >= 0.6 is 11.8 Å². The molecule has 0 bridgehead atoms. The molecule has 0 fully saturated rings. The van der Waals surface area contributed by atoms with Crippen LogP contribution in [0.1, 0.15) is 19.4 Å². The molecule has 0 saturated heterocycles. The van der Waals surface area contributed by atoms with Crippen molar-refractivity contribution in [2.45, 2.75) is 29.7 Å². The molecule has 0 atom stereocenters. The van der Waals surface area contributed by atoms with E-state index in [2.05, 4.69) is 15.3 Å². The molecular weight excluding hydrogens is 446 g/mol. The van der Waals surface area contributed by atoms with Crippen LogP contribution in [0.25, 0.3) is 17.1 Å². The van der Waals surface area contributed by atoms with Gasteiger partial charge in [-0.25, -0.2) is 13.1 Å². The molecule has 0 unspecified atom stereocenters. The molecule has 0 saturated carbocycles. The Morgan fingerprint density at radius 3 is 2.50 bits per heavy atom. The van der Waals surface area contributed by atoms with E-state index in [4.69, 9.17) is 4.42 Å². The quantitative estimate of drug-likeness (QED) is 0.338. The smallest absolute Gasteiger partial charge is 0.277 e. The van der Waals surface area contributed by atoms with E-state index >= 15 is 0 Å². The molecule has 0 aliphatic rings. The molecular formula is C22H23N5O3S2. The van der Waals surface area contributed by atoms with Crippen LogP contribution in [0, 0.1) is 0 Å². The van der Waals surface area contributed by atoms with Crippen molar-refractivity contribution >= 4 is 21.8 Å². The number of nitrogens with zero attached hydrogens (tertiary/aromatic N) is 5. The Bertz CT molecular complexity index is 1270. The van der Waals surface area contributed by atoms with Crippen LogP contribution in [0.15, 0.2) is 81.5 Å². The molecule has 2 heterocycles. The van der Waals surface area contributed by atoms with Crippen LogP contribution in [0.3, 0.4) is 0 Å². The maximum absolute atomic E-state index is 12.8. The first-order chi connectivity index (χ1) is 15.5. The SMILES string of the molecule is CCN(CC)S(=O)(=O)c1cccc(-c2nnc(SCc3ccc(-n4cccn4)cc3)o2)c1. The van der Waals surface area contributed by atoms with E-state index in [1.54, 1.807) is 35.1 Å². The third-order valence-corrected chi connectivity index (χ3v) is 7.83. The first-order valence-corrected chi connectivity index (χ1v) is 12.6. The van der Waals surface area contributed by atoms with Crippen molar-refractivity contribution in [3.05, 3.63) is 72.6 Å². The fraction of sp³-hybridized carbons (Fsp3) is 0.227. The predicted octanol–water partition coefficient (Wildman–Crippen LogP) is 4.25. The summed E-state index contributed by atoms with van der Waals surface area (Å²) >= 11 is 1.43. The van der Waals surface area contributed by atoms with E-state index < -0.39 is 10.0 Å². The molecule has 10 heteroatoms. The van der Waals surface area contributed by atoms with Crippen molar-refractivity contribution in [1.82, 2.24) is 24.3 Å². The largest absolute Gasteiger partial charge is 0.411 e. The molecule has 8 nitrogen and oxygen atoms in total. The molecule has 0 aliphatic heterocycles. The monoisotopic (exact) mass is 469 g/mol. The number of rotatable bonds is 9. The molecule has 4 rings (SSSR count). The standard InChI is InChI=1S/C22H23N5O3S2/c1-3-26(4-2)32(28,29)20-8-5-7-18(15-20)21-24-25-22(30-21)31-16-17-9-11-19(12-10-17)27-14-6-13-23-27/h5-15H,3-4,16H2,1-2H3. The zero-order valence-corrected chi connectivity index (χ0v) is 19.4. The highest BCUT2D eigenvalue weighted by atomic mass is 32.2. The predicted molar refractivity (Wildman–Crippen MR) is 123 cm³/mol. The summed E-state index contributed by atoms with van der Waals surface area (Å²) in [5.41, 5.74) is 2.67. The average molecular weight is 470 g/mol. The zero-order chi connectivity index (χ0) is 22.6. The van der Waals surface area contributed by atoms with E-state index in [1.807, 2.05) is 50.4 Å². The van der Waals surface area contributed by atoms with Crippen LogP contribution in [0.2, 0.25) is 0 Å². The number of hydrogen-bond acceptors (Lipinski definition) is 7. The highest BCUT2D eigenvalue weighted by Gasteiger charge is 2.22. The van der Waals surface area contributed by atoms with Gasteiger partial charge in [0.1, 0.15) is 0 Å². The van der Waals surface area contributed by atoms with Crippen molar-refractivity contribution in [3.63, 3.8) is 0 Å². The van der Waals surface area contributed by atoms with Crippen LogP contribution in [0.4, 0.5) is 0 Å². The van der Waals surface area contributed by atoms with Crippen LogP contribution in [-0.2, 0) is 15.8 Å². The number of aromatic nitrogens is 4. The molecule has 0 spiro atoms. The Morgan fingerprint density at radius 2 is 1.81 bits per heavy atom. The number of benzene rings is 2. The second-order valence-corrected chi connectivity index (χ2v) is 9.76. The summed E-state index contributed by atoms with van der Waals surface area (Å²) in [5.74, 6) is 0.954. The van der Waals surface area contributed by atoms with Crippen molar-refractivity contribution in [1.29, 1.82) is 0 Å². The van der Waals surface area contributed by atoms with Gasteiger partial charge in [-0.05, 0) is 42.0 Å². The second kappa shape index (κ2) is 9.68. The molecule has 0 aliphatic carbocycles. The summed E-state index contributed by atoms with van der Waals surface area (Å²) in [6.45, 7) is 4.45. The normalized spacial score (nSPS) is 11.8. The Labute approximate surface area is 191 Å². The summed E-state index contributed by atoms with van der Waals surface area (Å²) in [6, 6.07) is 16.5. The van der Waals surface area contributed by atoms with Crippen molar-refractivity contribution in [2.24, 2.45) is 0 Å². The lowest BCUT2D eigenvalue weighted by Gasteiger charge is -2.18. The Balaban J connectivity index is 1.45. The first kappa shape index (κ1) is 22.3. The number of thioether (sulfide) groups is 1. The highest BCUT2D eigenvalue weighted by molar-refractivity contribution is 7.98. The van der Waals surface area contributed by atoms with Gasteiger partial charge in [-0.3, -0.25) is 0 Å². The molecule has 4 aromatic rings. The third kappa shape index (κ3) is 4.77. The van der Waals surface area contributed by atoms with Gasteiger partial charge in [0.05, 0.1) is 10.6 Å². The van der Waals surface area contributed by atoms with Gasteiger partial charge in [-0.2, -0.15) is 9.40 Å². The minimum absolute atomic E-state index is 0.211. The fourth-order valence-corrected chi connectivity index (χ4v) is 5.42. The summed E-state index contributed by atoms with van der Waals surface area (Å²) in [5, 5.41) is 12.8. The Kier molecular flexibility index (Phi) is 6.73. The number of hydrogen-bond donors (Lipinski definition) is 0. The van der Waals surface area contributed by atoms with Crippen LogP contribution in [0.5, 0.6) is 0 Å². The van der Waals surface area contributed by atoms with Crippen molar-refractivity contribution < 1.29 is 12.8 Å². The molecule has 32 heavy (non-hydrogen) atoms. The van der Waals surface area contributed by atoms with Crippen LogP contribution < -0.4 is 0 Å². The van der Waals surface area contributed by atoms with Gasteiger partial charge >= 0.3 is 0 Å². The minimum Gasteiger partial charge on any atom is -0.411 e. The minimum atomic E-state index is -3.56. The fourth-order valence-electron chi connectivity index (χ4n) is 3.20. The average Bonchev–Trinajstić information content (AvgIpc) is 3.51. The first-order valence-electron chi connectivity index (χ1n) is 10.2. The molecule has 166 valence electrons. The second-order valence-electron chi connectivity index (χ2n) is 6.90. The molecule has 0 radical (unpaired) electrons. The summed E-state index contributed by atoms with van der Waals surface area (Å²) in [4.78, 5) is 0.211. The Morgan fingerprint density at radius 1 is 1.03 bits per heavy atom. The van der Waals surface area contributed by atoms with Gasteiger partial charge in [0.2, 0.25) is 15.9 Å². The van der Waals surface area contributed by atoms with Gasteiger partial charge in [0, 0.05) is 36.8 Å². The van der Waals surface area contributed by atoms with Gasteiger partial charge < -0.3 is 4.42 Å². The topological polar surface area (TPSA) is 94.1 Å². The lowest BCUT2D eigenvalue weighted by Crippen LogP contribution is -2.30. The van der Waals surface area contributed by atoms with Gasteiger partial charge in [0.15, 0.2) is 0 Å². The summed E-state index contributed by atoms with van der Waals surface area (Å²) < 4.78 is 34.6. The zero-order valence-electron chi connectivity index (χ0n) is 17.7. The lowest BCUT2D eigenvalue weighted by atomic mass is 10.2. The molecule has 2 aromatic carbocycles. The number of sulfonamides is 1. The van der Waals surface area contributed by atoms with E-state index in [0.717, 1.165) is 11.3 Å². The highest BCUT2D eigenvalue weighted by Crippen LogP contribution is 2.28. The van der Waals surface area contributed by atoms with E-state index in [-0.39, 0.29) is 10.8 Å². The molecule has 0 amide bonds. The molecule has 0 N–H and O–H groups in total. The lowest BCUT2D eigenvalue weighted by molar-refractivity contribution is 0.445. The maximum atomic E-state index is 12.8. The third-order valence-electron chi connectivity index (χ3n) is 4.90. The van der Waals surface area contributed by atoms with E-state index in [9.17, 15) is 8.42 Å². The van der Waals surface area contributed by atoms with Crippen LogP contribution in [-0.4, -0.2) is 45.8 Å².